The maximum absolute atomic E-state index is 11.6. The number of aldehydes is 1. The first-order valence-corrected chi connectivity index (χ1v) is 11.2. The topological polar surface area (TPSA) is 48.3 Å². The van der Waals surface area contributed by atoms with E-state index in [1.807, 2.05) is 14.0 Å². The summed E-state index contributed by atoms with van der Waals surface area (Å²) in [5.41, 5.74) is 5.60. The molecule has 1 heterocycles. The van der Waals surface area contributed by atoms with Crippen LogP contribution in [0.25, 0.3) is 0 Å². The first-order valence-electron chi connectivity index (χ1n) is 9.58. The third-order valence-corrected chi connectivity index (χ3v) is 7.42. The zero-order valence-corrected chi connectivity index (χ0v) is 20.0. The molecule has 0 saturated carbocycles. The molecule has 0 aliphatic carbocycles. The third kappa shape index (κ3) is 7.12. The quantitative estimate of drug-likeness (QED) is 0.353. The molecule has 6 heteroatoms. The van der Waals surface area contributed by atoms with Crippen LogP contribution in [-0.4, -0.2) is 23.9 Å². The van der Waals surface area contributed by atoms with Gasteiger partial charge < -0.3 is 9.30 Å². The van der Waals surface area contributed by atoms with Crippen molar-refractivity contribution in [3.63, 3.8) is 0 Å². The standard InChI is InChI=1S/C20H25NOS2.C3H6O2/c1-7-14(3)20(23-17-10-8-13(2)9-11-17)24-19-16(5)21(6)15(4)18(19)12-22;1-2-5-3-4/h8-12H,7H2,1-6H3;3H,2H2,1H3. The van der Waals surface area contributed by atoms with Crippen LogP contribution in [0.2, 0.25) is 0 Å². The highest BCUT2D eigenvalue weighted by molar-refractivity contribution is 8.22. The van der Waals surface area contributed by atoms with Crippen molar-refractivity contribution < 1.29 is 14.3 Å². The van der Waals surface area contributed by atoms with E-state index in [0.29, 0.717) is 13.1 Å². The summed E-state index contributed by atoms with van der Waals surface area (Å²) in [5, 5.41) is 0. The van der Waals surface area contributed by atoms with Gasteiger partial charge >= 0.3 is 0 Å². The first-order chi connectivity index (χ1) is 13.8. The predicted octanol–water partition coefficient (Wildman–Crippen LogP) is 6.47. The van der Waals surface area contributed by atoms with E-state index in [1.54, 1.807) is 30.4 Å². The molecule has 0 aliphatic heterocycles. The molecule has 158 valence electrons. The van der Waals surface area contributed by atoms with Crippen molar-refractivity contribution in [2.45, 2.75) is 57.8 Å². The Bertz CT molecular complexity index is 852. The van der Waals surface area contributed by atoms with E-state index in [0.717, 1.165) is 34.6 Å². The van der Waals surface area contributed by atoms with Crippen LogP contribution in [-0.2, 0) is 16.6 Å². The molecule has 0 fully saturated rings. The van der Waals surface area contributed by atoms with E-state index in [9.17, 15) is 9.59 Å². The Morgan fingerprint density at radius 1 is 1.03 bits per heavy atom. The van der Waals surface area contributed by atoms with E-state index in [-0.39, 0.29) is 0 Å². The van der Waals surface area contributed by atoms with Crippen LogP contribution in [0.15, 0.2) is 43.9 Å². The van der Waals surface area contributed by atoms with Gasteiger partial charge in [-0.25, -0.2) is 0 Å². The van der Waals surface area contributed by atoms with Crippen LogP contribution in [0.1, 0.15) is 54.5 Å². The Morgan fingerprint density at radius 3 is 2.10 bits per heavy atom. The summed E-state index contributed by atoms with van der Waals surface area (Å²) in [5.74, 6) is 0. The van der Waals surface area contributed by atoms with Crippen molar-refractivity contribution in [3.05, 3.63) is 56.6 Å². The minimum Gasteiger partial charge on any atom is -0.468 e. The molecule has 0 saturated heterocycles. The second kappa shape index (κ2) is 12.6. The minimum absolute atomic E-state index is 0.431. The summed E-state index contributed by atoms with van der Waals surface area (Å²) in [7, 11) is 2.02. The Balaban J connectivity index is 0.000000749. The lowest BCUT2D eigenvalue weighted by atomic mass is 10.2. The molecule has 1 aromatic carbocycles. The third-order valence-electron chi connectivity index (χ3n) is 4.63. The van der Waals surface area contributed by atoms with Gasteiger partial charge in [-0.1, -0.05) is 53.7 Å². The van der Waals surface area contributed by atoms with E-state index in [4.69, 9.17) is 0 Å². The number of carbonyl (C=O) groups excluding carboxylic acids is 2. The molecule has 4 nitrogen and oxygen atoms in total. The highest BCUT2D eigenvalue weighted by Gasteiger charge is 2.18. The van der Waals surface area contributed by atoms with Gasteiger partial charge in [-0.05, 0) is 53.2 Å². The molecule has 0 radical (unpaired) electrons. The lowest BCUT2D eigenvalue weighted by molar-refractivity contribution is -0.128. The maximum atomic E-state index is 11.6. The van der Waals surface area contributed by atoms with Gasteiger partial charge in [0, 0.05) is 38.0 Å². The van der Waals surface area contributed by atoms with Gasteiger partial charge in [-0.2, -0.15) is 0 Å². The molecule has 2 aromatic rings. The monoisotopic (exact) mass is 433 g/mol. The molecule has 0 atom stereocenters. The number of ether oxygens (including phenoxy) is 1. The van der Waals surface area contributed by atoms with E-state index in [1.165, 1.54) is 20.3 Å². The first kappa shape index (κ1) is 25.1. The van der Waals surface area contributed by atoms with Crippen LogP contribution < -0.4 is 0 Å². The summed E-state index contributed by atoms with van der Waals surface area (Å²) in [6.07, 6.45) is 1.99. The van der Waals surface area contributed by atoms with Gasteiger partial charge in [0.05, 0.1) is 6.61 Å². The average Bonchev–Trinajstić information content (AvgIpc) is 2.92. The van der Waals surface area contributed by atoms with Crippen molar-refractivity contribution in [1.82, 2.24) is 4.57 Å². The van der Waals surface area contributed by atoms with Crippen LogP contribution in [0.5, 0.6) is 0 Å². The minimum atomic E-state index is 0.431. The molecule has 0 aliphatic rings. The fourth-order valence-corrected chi connectivity index (χ4v) is 5.03. The summed E-state index contributed by atoms with van der Waals surface area (Å²) >= 11 is 3.51. The summed E-state index contributed by atoms with van der Waals surface area (Å²) in [6.45, 7) is 13.2. The molecule has 1 aromatic heterocycles. The number of nitrogens with zero attached hydrogens (tertiary/aromatic N) is 1. The lowest BCUT2D eigenvalue weighted by Crippen LogP contribution is -1.93. The van der Waals surface area contributed by atoms with Gasteiger partial charge in [-0.15, -0.1) is 0 Å². The molecule has 2 rings (SSSR count). The number of carbonyl (C=O) groups is 2. The van der Waals surface area contributed by atoms with Crippen LogP contribution >= 0.6 is 23.5 Å². The molecule has 0 bridgehead atoms. The number of rotatable bonds is 8. The number of aryl methyl sites for hydroxylation is 1. The SMILES string of the molecule is CCC(C)=C(Sc1ccc(C)cc1)Sc1c(C=O)c(C)n(C)c1C.CCOC=O. The Kier molecular flexibility index (Phi) is 10.9. The maximum Gasteiger partial charge on any atom is 0.293 e. The highest BCUT2D eigenvalue weighted by atomic mass is 32.2. The summed E-state index contributed by atoms with van der Waals surface area (Å²) in [6, 6.07) is 8.60. The second-order valence-electron chi connectivity index (χ2n) is 6.58. The van der Waals surface area contributed by atoms with Gasteiger partial charge in [0.1, 0.15) is 0 Å². The fraction of sp³-hybridized carbons (Fsp3) is 0.391. The Labute approximate surface area is 183 Å². The average molecular weight is 434 g/mol. The summed E-state index contributed by atoms with van der Waals surface area (Å²) < 4.78 is 7.51. The van der Waals surface area contributed by atoms with Crippen molar-refractivity contribution >= 4 is 36.3 Å². The zero-order valence-electron chi connectivity index (χ0n) is 18.4. The second-order valence-corrected chi connectivity index (χ2v) is 8.94. The number of hydrogen-bond donors (Lipinski definition) is 0. The largest absolute Gasteiger partial charge is 0.468 e. The van der Waals surface area contributed by atoms with E-state index >= 15 is 0 Å². The normalized spacial score (nSPS) is 11.3. The molecule has 0 N–H and O–H groups in total. The molecule has 0 amide bonds. The Hall–Kier alpha value is -1.92. The van der Waals surface area contributed by atoms with Crippen LogP contribution in [0.3, 0.4) is 0 Å². The van der Waals surface area contributed by atoms with Gasteiger partial charge in [-0.3, -0.25) is 9.59 Å². The predicted molar refractivity (Wildman–Crippen MR) is 124 cm³/mol. The number of aromatic nitrogens is 1. The van der Waals surface area contributed by atoms with Gasteiger partial charge in [0.15, 0.2) is 6.29 Å². The van der Waals surface area contributed by atoms with Crippen LogP contribution in [0.4, 0.5) is 0 Å². The highest BCUT2D eigenvalue weighted by Crippen LogP contribution is 2.44. The lowest BCUT2D eigenvalue weighted by Gasteiger charge is -2.12. The molecule has 29 heavy (non-hydrogen) atoms. The van der Waals surface area contributed by atoms with E-state index < -0.39 is 0 Å². The number of thioether (sulfide) groups is 2. The van der Waals surface area contributed by atoms with Crippen LogP contribution in [0, 0.1) is 20.8 Å². The van der Waals surface area contributed by atoms with Crippen molar-refractivity contribution in [3.8, 4) is 0 Å². The Morgan fingerprint density at radius 2 is 1.66 bits per heavy atom. The molecule has 0 unspecified atom stereocenters. The van der Waals surface area contributed by atoms with Crippen molar-refractivity contribution in [2.24, 2.45) is 7.05 Å². The molecular weight excluding hydrogens is 402 g/mol. The molecule has 0 spiro atoms. The number of allylic oxidation sites excluding steroid dienone is 1. The van der Waals surface area contributed by atoms with Crippen molar-refractivity contribution in [2.75, 3.05) is 6.61 Å². The number of benzene rings is 1. The van der Waals surface area contributed by atoms with E-state index in [2.05, 4.69) is 61.3 Å². The smallest absolute Gasteiger partial charge is 0.293 e. The molecular formula is C23H31NO3S2. The van der Waals surface area contributed by atoms with Gasteiger partial charge in [0.2, 0.25) is 0 Å². The fourth-order valence-electron chi connectivity index (χ4n) is 2.42. The number of hydrogen-bond acceptors (Lipinski definition) is 5. The van der Waals surface area contributed by atoms with Gasteiger partial charge in [0.25, 0.3) is 6.47 Å². The van der Waals surface area contributed by atoms with Crippen molar-refractivity contribution in [1.29, 1.82) is 0 Å². The summed E-state index contributed by atoms with van der Waals surface area (Å²) in [4.78, 5) is 23.1. The zero-order chi connectivity index (χ0) is 22.0.